The van der Waals surface area contributed by atoms with Crippen LogP contribution in [0.3, 0.4) is 0 Å². The monoisotopic (exact) mass is 144 g/mol. The minimum atomic E-state index is -0.491. The van der Waals surface area contributed by atoms with Crippen LogP contribution in [-0.2, 0) is 14.3 Å². The first-order valence-corrected chi connectivity index (χ1v) is 1.94. The molecule has 0 N–H and O–H groups in total. The summed E-state index contributed by atoms with van der Waals surface area (Å²) in [5.41, 5.74) is 0. The van der Waals surface area contributed by atoms with Gasteiger partial charge < -0.3 is 4.74 Å². The number of esters is 1. The van der Waals surface area contributed by atoms with Crippen molar-refractivity contribution >= 4 is 50.2 Å². The Balaban J connectivity index is 0. The molecule has 0 amide bonds. The van der Waals surface area contributed by atoms with Gasteiger partial charge in [0.2, 0.25) is 0 Å². The zero-order valence-electron chi connectivity index (χ0n) is 4.01. The third kappa shape index (κ3) is 6.40. The second-order valence-electron chi connectivity index (χ2n) is 0.940. The SMILES string of the molecule is CCC(=O)OC=O.[CaH2]. The standard InChI is InChI=1S/C4H6O3.Ca.2H/c1-2-4(6)7-3-5;;;/h3H,2H2,1H3;;;. The Labute approximate surface area is 77.4 Å². The van der Waals surface area contributed by atoms with E-state index in [0.717, 1.165) is 0 Å². The molecule has 0 saturated heterocycles. The molecule has 0 unspecified atom stereocenters. The molecule has 0 radical (unpaired) electrons. The third-order valence-corrected chi connectivity index (χ3v) is 0.468. The van der Waals surface area contributed by atoms with E-state index in [1.807, 2.05) is 0 Å². The molecule has 0 rings (SSSR count). The summed E-state index contributed by atoms with van der Waals surface area (Å²) in [5, 5.41) is 0. The maximum absolute atomic E-state index is 9.96. The van der Waals surface area contributed by atoms with Crippen LogP contribution in [0.1, 0.15) is 13.3 Å². The molecule has 0 aromatic heterocycles. The van der Waals surface area contributed by atoms with E-state index >= 15 is 0 Å². The summed E-state index contributed by atoms with van der Waals surface area (Å²) in [6, 6.07) is 0. The Bertz CT molecular complexity index is 81.4. The van der Waals surface area contributed by atoms with Crippen molar-refractivity contribution in [2.24, 2.45) is 0 Å². The van der Waals surface area contributed by atoms with Crippen LogP contribution in [0.4, 0.5) is 0 Å². The van der Waals surface area contributed by atoms with Crippen molar-refractivity contribution in [2.45, 2.75) is 13.3 Å². The number of rotatable bonds is 2. The molecule has 0 atom stereocenters. The van der Waals surface area contributed by atoms with E-state index in [4.69, 9.17) is 0 Å². The number of hydrogen-bond acceptors (Lipinski definition) is 3. The average molecular weight is 144 g/mol. The fraction of sp³-hybridized carbons (Fsp3) is 0.500. The number of ether oxygens (including phenoxy) is 1. The topological polar surface area (TPSA) is 43.4 Å². The van der Waals surface area contributed by atoms with Crippen molar-refractivity contribution in [2.75, 3.05) is 0 Å². The van der Waals surface area contributed by atoms with Crippen LogP contribution < -0.4 is 0 Å². The summed E-state index contributed by atoms with van der Waals surface area (Å²) in [5.74, 6) is -0.491. The predicted octanol–water partition coefficient (Wildman–Crippen LogP) is -0.820. The molecule has 8 heavy (non-hydrogen) atoms. The van der Waals surface area contributed by atoms with E-state index in [1.165, 1.54) is 0 Å². The molecular weight excluding hydrogens is 136 g/mol. The molecule has 3 nitrogen and oxygen atoms in total. The average Bonchev–Trinajstić information content (AvgIpc) is 1.68. The van der Waals surface area contributed by atoms with Gasteiger partial charge in [-0.2, -0.15) is 0 Å². The van der Waals surface area contributed by atoms with Crippen molar-refractivity contribution in [3.05, 3.63) is 0 Å². The number of carbonyl (C=O) groups is 2. The fourth-order valence-electron chi connectivity index (χ4n) is 0.137. The van der Waals surface area contributed by atoms with Crippen LogP contribution in [0.5, 0.6) is 0 Å². The van der Waals surface area contributed by atoms with Crippen molar-refractivity contribution in [3.63, 3.8) is 0 Å². The van der Waals surface area contributed by atoms with E-state index < -0.39 is 5.97 Å². The predicted molar refractivity (Wildman–Crippen MR) is 31.0 cm³/mol. The Morgan fingerprint density at radius 3 is 2.38 bits per heavy atom. The van der Waals surface area contributed by atoms with Crippen LogP contribution in [0.15, 0.2) is 0 Å². The summed E-state index contributed by atoms with van der Waals surface area (Å²) in [4.78, 5) is 19.3. The van der Waals surface area contributed by atoms with Gasteiger partial charge in [-0.15, -0.1) is 0 Å². The molecule has 0 bridgehead atoms. The molecule has 0 aliphatic rings. The van der Waals surface area contributed by atoms with Crippen molar-refractivity contribution < 1.29 is 14.3 Å². The summed E-state index contributed by atoms with van der Waals surface area (Å²) in [6.45, 7) is 1.75. The fourth-order valence-corrected chi connectivity index (χ4v) is 0.137. The van der Waals surface area contributed by atoms with Crippen molar-refractivity contribution in [1.82, 2.24) is 0 Å². The zero-order valence-corrected chi connectivity index (χ0v) is 4.01. The van der Waals surface area contributed by atoms with E-state index in [-0.39, 0.29) is 50.6 Å². The van der Waals surface area contributed by atoms with Gasteiger partial charge in [0, 0.05) is 6.42 Å². The van der Waals surface area contributed by atoms with E-state index in [2.05, 4.69) is 4.74 Å². The van der Waals surface area contributed by atoms with Gasteiger partial charge in [-0.3, -0.25) is 9.59 Å². The van der Waals surface area contributed by atoms with Gasteiger partial charge in [0.15, 0.2) is 0 Å². The molecule has 0 aromatic carbocycles. The Kier molecular flexibility index (Phi) is 10.4. The van der Waals surface area contributed by atoms with E-state index in [1.54, 1.807) is 6.92 Å². The summed E-state index contributed by atoms with van der Waals surface area (Å²) < 4.78 is 3.87. The molecule has 44 valence electrons. The normalized spacial score (nSPS) is 6.62. The van der Waals surface area contributed by atoms with Crippen LogP contribution in [0.2, 0.25) is 0 Å². The minimum absolute atomic E-state index is 0. The molecule has 0 spiro atoms. The van der Waals surface area contributed by atoms with Crippen LogP contribution in [-0.4, -0.2) is 50.2 Å². The molecular formula is C4H8CaO3. The molecule has 0 aromatic rings. The first-order chi connectivity index (χ1) is 3.31. The first kappa shape index (κ1) is 11.2. The molecule has 0 fully saturated rings. The van der Waals surface area contributed by atoms with Crippen molar-refractivity contribution in [1.29, 1.82) is 0 Å². The quantitative estimate of drug-likeness (QED) is 0.220. The van der Waals surface area contributed by atoms with Crippen LogP contribution in [0, 0.1) is 0 Å². The zero-order chi connectivity index (χ0) is 5.70. The van der Waals surface area contributed by atoms with Gasteiger partial charge >= 0.3 is 50.2 Å². The molecule has 4 heteroatoms. The summed E-state index contributed by atoms with van der Waals surface area (Å²) in [6.07, 6.45) is 0.249. The summed E-state index contributed by atoms with van der Waals surface area (Å²) in [7, 11) is 0. The first-order valence-electron chi connectivity index (χ1n) is 1.94. The number of hydrogen-bond donors (Lipinski definition) is 0. The van der Waals surface area contributed by atoms with Crippen molar-refractivity contribution in [3.8, 4) is 0 Å². The van der Waals surface area contributed by atoms with Gasteiger partial charge in [-0.25, -0.2) is 0 Å². The van der Waals surface area contributed by atoms with Gasteiger partial charge in [0.25, 0.3) is 0 Å². The van der Waals surface area contributed by atoms with Gasteiger partial charge in [0.1, 0.15) is 0 Å². The third-order valence-electron chi connectivity index (χ3n) is 0.468. The molecule has 0 aliphatic carbocycles. The molecule has 0 saturated carbocycles. The second-order valence-corrected chi connectivity index (χ2v) is 0.940. The molecule has 0 aliphatic heterocycles. The van der Waals surface area contributed by atoms with Crippen LogP contribution >= 0.6 is 0 Å². The van der Waals surface area contributed by atoms with Gasteiger partial charge in [-0.1, -0.05) is 6.92 Å². The maximum atomic E-state index is 9.96. The number of carbonyl (C=O) groups excluding carboxylic acids is 2. The summed E-state index contributed by atoms with van der Waals surface area (Å²) >= 11 is 0. The van der Waals surface area contributed by atoms with Crippen LogP contribution in [0.25, 0.3) is 0 Å². The van der Waals surface area contributed by atoms with E-state index in [9.17, 15) is 9.59 Å². The van der Waals surface area contributed by atoms with Gasteiger partial charge in [-0.05, 0) is 0 Å². The second kappa shape index (κ2) is 7.40. The Hall–Kier alpha value is 0.400. The molecule has 0 heterocycles. The Morgan fingerprint density at radius 1 is 1.75 bits per heavy atom. The van der Waals surface area contributed by atoms with E-state index in [0.29, 0.717) is 0 Å². The van der Waals surface area contributed by atoms with Gasteiger partial charge in [0.05, 0.1) is 0 Å². The Morgan fingerprint density at radius 2 is 2.25 bits per heavy atom.